The van der Waals surface area contributed by atoms with E-state index < -0.39 is 5.97 Å². The largest absolute Gasteiger partial charge is 0.507 e. The van der Waals surface area contributed by atoms with Crippen molar-refractivity contribution in [2.75, 3.05) is 12.4 Å². The van der Waals surface area contributed by atoms with Crippen molar-refractivity contribution in [2.24, 2.45) is 0 Å². The number of aromatic hydroxyl groups is 1. The van der Waals surface area contributed by atoms with E-state index in [4.69, 9.17) is 0 Å². The molecule has 0 saturated carbocycles. The third-order valence-electron chi connectivity index (χ3n) is 3.67. The number of esters is 1. The van der Waals surface area contributed by atoms with Gasteiger partial charge in [0.1, 0.15) is 11.3 Å². The maximum absolute atomic E-state index is 11.0. The van der Waals surface area contributed by atoms with Gasteiger partial charge in [-0.15, -0.1) is 0 Å². The number of phenols is 1. The number of phenolic OH excluding ortho intramolecular Hbond substituents is 1. The van der Waals surface area contributed by atoms with Gasteiger partial charge in [0, 0.05) is 23.6 Å². The van der Waals surface area contributed by atoms with Crippen molar-refractivity contribution in [1.82, 2.24) is 4.98 Å². The molecule has 6 nitrogen and oxygen atoms in total. The van der Waals surface area contributed by atoms with E-state index in [1.165, 1.54) is 56.6 Å². The number of benzene rings is 1. The second kappa shape index (κ2) is 11.6. The minimum Gasteiger partial charge on any atom is -0.507 e. The van der Waals surface area contributed by atoms with Crippen LogP contribution in [0, 0.1) is 6.92 Å². The van der Waals surface area contributed by atoms with E-state index in [-0.39, 0.29) is 11.3 Å². The van der Waals surface area contributed by atoms with Gasteiger partial charge >= 0.3 is 5.97 Å². The van der Waals surface area contributed by atoms with Crippen LogP contribution >= 0.6 is 0 Å². The molecule has 0 aliphatic rings. The summed E-state index contributed by atoms with van der Waals surface area (Å²) in [4.78, 5) is 25.4. The van der Waals surface area contributed by atoms with Crippen LogP contribution in [-0.2, 0) is 16.0 Å². The fraction of sp³-hybridized carbons (Fsp3) is 0.350. The highest BCUT2D eigenvalue weighted by Crippen LogP contribution is 2.22. The molecule has 0 unspecified atom stereocenters. The molecule has 0 spiro atoms. The third-order valence-corrected chi connectivity index (χ3v) is 3.67. The highest BCUT2D eigenvalue weighted by Gasteiger charge is 2.11. The first-order valence-corrected chi connectivity index (χ1v) is 8.54. The van der Waals surface area contributed by atoms with E-state index in [0.717, 1.165) is 5.69 Å². The van der Waals surface area contributed by atoms with Crippen molar-refractivity contribution >= 4 is 18.1 Å². The number of aryl methyl sites for hydroxylation is 2. The van der Waals surface area contributed by atoms with Gasteiger partial charge in [-0.2, -0.15) is 0 Å². The summed E-state index contributed by atoms with van der Waals surface area (Å²) in [7, 11) is 1.22. The molecule has 0 radical (unpaired) electrons. The van der Waals surface area contributed by atoms with Crippen LogP contribution < -0.4 is 5.32 Å². The Hall–Kier alpha value is -2.89. The molecule has 26 heavy (non-hydrogen) atoms. The highest BCUT2D eigenvalue weighted by atomic mass is 16.5. The number of ether oxygens (including phenoxy) is 1. The van der Waals surface area contributed by atoms with Gasteiger partial charge in [-0.3, -0.25) is 9.78 Å². The molecule has 6 heteroatoms. The zero-order chi connectivity index (χ0) is 19.4. The number of nitrogens with zero attached hydrogens (tertiary/aromatic N) is 1. The fourth-order valence-corrected chi connectivity index (χ4v) is 2.20. The van der Waals surface area contributed by atoms with Crippen molar-refractivity contribution < 1.29 is 19.4 Å². The van der Waals surface area contributed by atoms with Gasteiger partial charge in [-0.05, 0) is 43.5 Å². The lowest BCUT2D eigenvalue weighted by Gasteiger charge is -2.04. The average molecular weight is 358 g/mol. The molecular formula is C20H26N2O4. The predicted octanol–water partition coefficient (Wildman–Crippen LogP) is 3.87. The van der Waals surface area contributed by atoms with Crippen LogP contribution in [0.4, 0.5) is 5.69 Å². The lowest BCUT2D eigenvalue weighted by Crippen LogP contribution is -2.02. The molecule has 1 amide bonds. The SMILES string of the molecule is CCCCCc1ccc(C)nc1.COC(=O)c1ccc(NC=O)cc1O. The molecule has 2 N–H and O–H groups in total. The monoisotopic (exact) mass is 358 g/mol. The van der Waals surface area contributed by atoms with E-state index in [1.54, 1.807) is 0 Å². The Balaban J connectivity index is 0.000000263. The summed E-state index contributed by atoms with van der Waals surface area (Å²) in [6.07, 6.45) is 7.56. The fourth-order valence-electron chi connectivity index (χ4n) is 2.20. The Labute approximate surface area is 154 Å². The number of unbranched alkanes of at least 4 members (excludes halogenated alkanes) is 2. The second-order valence-electron chi connectivity index (χ2n) is 5.75. The van der Waals surface area contributed by atoms with Crippen LogP contribution in [0.3, 0.4) is 0 Å². The molecule has 140 valence electrons. The lowest BCUT2D eigenvalue weighted by atomic mass is 10.1. The van der Waals surface area contributed by atoms with E-state index in [2.05, 4.69) is 34.1 Å². The van der Waals surface area contributed by atoms with E-state index in [9.17, 15) is 14.7 Å². The van der Waals surface area contributed by atoms with Crippen molar-refractivity contribution in [3.63, 3.8) is 0 Å². The van der Waals surface area contributed by atoms with Crippen molar-refractivity contribution in [1.29, 1.82) is 0 Å². The average Bonchev–Trinajstić information content (AvgIpc) is 2.64. The smallest absolute Gasteiger partial charge is 0.341 e. The molecule has 1 aromatic carbocycles. The van der Waals surface area contributed by atoms with Crippen LogP contribution in [-0.4, -0.2) is 29.6 Å². The normalized spacial score (nSPS) is 9.65. The zero-order valence-electron chi connectivity index (χ0n) is 15.5. The molecule has 1 heterocycles. The Bertz CT molecular complexity index is 699. The molecule has 0 aliphatic heterocycles. The van der Waals surface area contributed by atoms with Crippen LogP contribution in [0.5, 0.6) is 5.75 Å². The number of pyridine rings is 1. The first kappa shape index (κ1) is 21.2. The van der Waals surface area contributed by atoms with Gasteiger partial charge in [-0.25, -0.2) is 4.79 Å². The number of hydrogen-bond acceptors (Lipinski definition) is 5. The number of aromatic nitrogens is 1. The number of hydrogen-bond donors (Lipinski definition) is 2. The number of anilines is 1. The molecule has 0 aliphatic carbocycles. The molecule has 0 atom stereocenters. The molecule has 0 fully saturated rings. The lowest BCUT2D eigenvalue weighted by molar-refractivity contribution is -0.105. The minimum absolute atomic E-state index is 0.0592. The number of amides is 1. The van der Waals surface area contributed by atoms with Gasteiger partial charge in [0.2, 0.25) is 6.41 Å². The van der Waals surface area contributed by atoms with Gasteiger partial charge in [-0.1, -0.05) is 25.8 Å². The summed E-state index contributed by atoms with van der Waals surface area (Å²) in [5, 5.41) is 11.7. The first-order valence-electron chi connectivity index (χ1n) is 8.54. The third kappa shape index (κ3) is 7.34. The zero-order valence-corrected chi connectivity index (χ0v) is 15.5. The molecular weight excluding hydrogens is 332 g/mol. The van der Waals surface area contributed by atoms with E-state index >= 15 is 0 Å². The molecule has 0 saturated heterocycles. The number of methoxy groups -OCH3 is 1. The quantitative estimate of drug-likeness (QED) is 0.446. The Morgan fingerprint density at radius 2 is 2.04 bits per heavy atom. The van der Waals surface area contributed by atoms with Crippen LogP contribution in [0.25, 0.3) is 0 Å². The molecule has 2 aromatic rings. The maximum Gasteiger partial charge on any atom is 0.341 e. The summed E-state index contributed by atoms with van der Waals surface area (Å²) in [5.41, 5.74) is 2.94. The maximum atomic E-state index is 11.0. The molecule has 1 aromatic heterocycles. The Morgan fingerprint density at radius 1 is 1.27 bits per heavy atom. The van der Waals surface area contributed by atoms with Gasteiger partial charge in [0.25, 0.3) is 0 Å². The van der Waals surface area contributed by atoms with Gasteiger partial charge < -0.3 is 15.2 Å². The summed E-state index contributed by atoms with van der Waals surface area (Å²) in [5.74, 6) is -0.858. The number of carbonyl (C=O) groups is 2. The topological polar surface area (TPSA) is 88.5 Å². The Morgan fingerprint density at radius 3 is 2.58 bits per heavy atom. The summed E-state index contributed by atoms with van der Waals surface area (Å²) in [6.45, 7) is 4.25. The summed E-state index contributed by atoms with van der Waals surface area (Å²) < 4.78 is 4.43. The number of rotatable bonds is 7. The minimum atomic E-state index is -0.625. The van der Waals surface area contributed by atoms with Crippen LogP contribution in [0.2, 0.25) is 0 Å². The molecule has 0 bridgehead atoms. The van der Waals surface area contributed by atoms with E-state index in [1.807, 2.05) is 13.1 Å². The number of carbonyl (C=O) groups excluding carboxylic acids is 2. The first-order chi connectivity index (χ1) is 12.5. The van der Waals surface area contributed by atoms with Crippen molar-refractivity contribution in [3.05, 3.63) is 53.3 Å². The second-order valence-corrected chi connectivity index (χ2v) is 5.75. The van der Waals surface area contributed by atoms with Crippen molar-refractivity contribution in [3.8, 4) is 5.75 Å². The van der Waals surface area contributed by atoms with E-state index in [0.29, 0.717) is 12.1 Å². The predicted molar refractivity (Wildman–Crippen MR) is 101 cm³/mol. The molecule has 2 rings (SSSR count). The van der Waals surface area contributed by atoms with Gasteiger partial charge in [0.15, 0.2) is 0 Å². The van der Waals surface area contributed by atoms with Gasteiger partial charge in [0.05, 0.1) is 7.11 Å². The highest BCUT2D eigenvalue weighted by molar-refractivity contribution is 5.93. The Kier molecular flexibility index (Phi) is 9.46. The van der Waals surface area contributed by atoms with Crippen molar-refractivity contribution in [2.45, 2.75) is 39.5 Å². The van der Waals surface area contributed by atoms with Crippen LogP contribution in [0.1, 0.15) is 47.8 Å². The number of nitrogens with one attached hydrogen (secondary N) is 1. The standard InChI is InChI=1S/C11H17N.C9H9NO4/c1-3-4-5-6-11-8-7-10(2)12-9-11;1-14-9(13)7-3-2-6(10-5-11)4-8(7)12/h7-9H,3-6H2,1-2H3;2-5,12H,1H3,(H,10,11). The summed E-state index contributed by atoms with van der Waals surface area (Å²) in [6, 6.07) is 8.38. The summed E-state index contributed by atoms with van der Waals surface area (Å²) >= 11 is 0. The van der Waals surface area contributed by atoms with Crippen LogP contribution in [0.15, 0.2) is 36.5 Å².